The Labute approximate surface area is 232 Å². The summed E-state index contributed by atoms with van der Waals surface area (Å²) < 4.78 is 81.7. The second kappa shape index (κ2) is 15.2. The van der Waals surface area contributed by atoms with Crippen molar-refractivity contribution in [3.05, 3.63) is 77.4 Å². The molecule has 2 N–H and O–H groups in total. The molecule has 0 unspecified atom stereocenters. The molecule has 0 bridgehead atoms. The lowest BCUT2D eigenvalue weighted by Crippen LogP contribution is -2.20. The summed E-state index contributed by atoms with van der Waals surface area (Å²) in [6.45, 7) is -0.834. The van der Waals surface area contributed by atoms with Gasteiger partial charge in [0.25, 0.3) is 20.2 Å². The molecule has 0 aliphatic carbocycles. The quantitative estimate of drug-likeness (QED) is 0.0583. The maximum absolute atomic E-state index is 12.8. The van der Waals surface area contributed by atoms with E-state index in [1.807, 2.05) is 0 Å². The van der Waals surface area contributed by atoms with Crippen LogP contribution in [0, 0.1) is 0 Å². The Kier molecular flexibility index (Phi) is 12.3. The van der Waals surface area contributed by atoms with E-state index in [0.717, 1.165) is 0 Å². The third-order valence-corrected chi connectivity index (χ3v) is 6.83. The van der Waals surface area contributed by atoms with Gasteiger partial charge in [0.05, 0.1) is 38.9 Å². The first-order valence-corrected chi connectivity index (χ1v) is 15.0. The summed E-state index contributed by atoms with van der Waals surface area (Å²) in [6, 6.07) is 14.0. The number of hydrogen-bond acceptors (Lipinski definition) is 10. The third-order valence-electron chi connectivity index (χ3n) is 5.22. The molecule has 218 valence electrons. The monoisotopic (exact) mass is 598 g/mol. The van der Waals surface area contributed by atoms with Gasteiger partial charge in [-0.05, 0) is 59.9 Å². The van der Waals surface area contributed by atoms with E-state index in [1.165, 1.54) is 26.4 Å². The normalized spacial score (nSPS) is 11.2. The maximum Gasteiger partial charge on any atom is 0.345 e. The van der Waals surface area contributed by atoms with Crippen LogP contribution >= 0.6 is 0 Å². The number of rotatable bonds is 15. The van der Waals surface area contributed by atoms with Gasteiger partial charge in [0.1, 0.15) is 17.1 Å². The molecule has 0 fully saturated rings. The number of allylic oxidation sites excluding steroid dienone is 2. The fraction of sp³-hybridized carbons (Fsp3) is 0.308. The zero-order chi connectivity index (χ0) is 29.8. The van der Waals surface area contributed by atoms with Crippen LogP contribution < -0.4 is 9.47 Å². The molecule has 0 saturated heterocycles. The van der Waals surface area contributed by atoms with Crippen molar-refractivity contribution in [2.24, 2.45) is 0 Å². The van der Waals surface area contributed by atoms with Crippen LogP contribution in [-0.4, -0.2) is 76.8 Å². The highest BCUT2D eigenvalue weighted by molar-refractivity contribution is 7.86. The minimum Gasteiger partial charge on any atom is -0.497 e. The minimum atomic E-state index is -4.27. The summed E-state index contributed by atoms with van der Waals surface area (Å²) in [6.07, 6.45) is 2.21. The Morgan fingerprint density at radius 3 is 1.38 bits per heavy atom. The van der Waals surface area contributed by atoms with E-state index in [0.29, 0.717) is 28.2 Å². The fourth-order valence-corrected chi connectivity index (χ4v) is 4.22. The van der Waals surface area contributed by atoms with Crippen molar-refractivity contribution in [3.8, 4) is 11.5 Å². The van der Waals surface area contributed by atoms with E-state index in [9.17, 15) is 26.4 Å². The molecule has 0 aliphatic rings. The molecule has 0 spiro atoms. The van der Waals surface area contributed by atoms with Gasteiger partial charge in [-0.15, -0.1) is 0 Å². The minimum absolute atomic E-state index is 0.222. The first kappa shape index (κ1) is 32.5. The number of hydrogen-bond donors (Lipinski definition) is 2. The second-order valence-electron chi connectivity index (χ2n) is 8.17. The first-order chi connectivity index (χ1) is 18.8. The first-order valence-electron chi connectivity index (χ1n) is 11.8. The van der Waals surface area contributed by atoms with Gasteiger partial charge in [-0.1, -0.05) is 30.3 Å². The molecule has 0 heterocycles. The molecule has 0 aromatic heterocycles. The fourth-order valence-electron chi connectivity index (χ4n) is 3.25. The number of benzene rings is 2. The molecule has 12 nitrogen and oxygen atoms in total. The van der Waals surface area contributed by atoms with Crippen molar-refractivity contribution >= 4 is 37.7 Å². The molecule has 2 rings (SSSR count). The highest BCUT2D eigenvalue weighted by atomic mass is 32.2. The Bertz CT molecular complexity index is 1320. The van der Waals surface area contributed by atoms with Crippen LogP contribution in [0.15, 0.2) is 66.3 Å². The second-order valence-corrected chi connectivity index (χ2v) is 11.3. The van der Waals surface area contributed by atoms with Crippen LogP contribution in [0.3, 0.4) is 0 Å². The smallest absolute Gasteiger partial charge is 0.345 e. The highest BCUT2D eigenvalue weighted by Crippen LogP contribution is 2.27. The molecule has 40 heavy (non-hydrogen) atoms. The van der Waals surface area contributed by atoms with Gasteiger partial charge < -0.3 is 18.9 Å². The van der Waals surface area contributed by atoms with E-state index < -0.39 is 62.5 Å². The molecule has 0 radical (unpaired) electrons. The SMILES string of the molecule is COc1ccc(C(=CC=C(C(=O)OCCCS(=O)(=O)O)C(=O)OCCCS(=O)(=O)O)c2ccc(OC)cc2)cc1. The molecule has 0 aliphatic heterocycles. The zero-order valence-electron chi connectivity index (χ0n) is 21.8. The van der Waals surface area contributed by atoms with Crippen LogP contribution in [0.5, 0.6) is 11.5 Å². The molecular formula is C26H30O12S2. The summed E-state index contributed by atoms with van der Waals surface area (Å²) in [7, 11) is -5.50. The number of ether oxygens (including phenoxy) is 4. The number of methoxy groups -OCH3 is 2. The number of carbonyl (C=O) groups excluding carboxylic acids is 2. The Morgan fingerprint density at radius 1 is 0.675 bits per heavy atom. The van der Waals surface area contributed by atoms with Crippen molar-refractivity contribution in [1.29, 1.82) is 0 Å². The zero-order valence-corrected chi connectivity index (χ0v) is 23.4. The van der Waals surface area contributed by atoms with E-state index in [4.69, 9.17) is 28.1 Å². The Morgan fingerprint density at radius 2 is 1.05 bits per heavy atom. The molecule has 2 aromatic rings. The van der Waals surface area contributed by atoms with E-state index in [-0.39, 0.29) is 12.8 Å². The average Bonchev–Trinajstić information content (AvgIpc) is 2.90. The predicted octanol–water partition coefficient (Wildman–Crippen LogP) is 2.70. The van der Waals surface area contributed by atoms with E-state index in [1.54, 1.807) is 48.5 Å². The van der Waals surface area contributed by atoms with Crippen molar-refractivity contribution in [3.63, 3.8) is 0 Å². The van der Waals surface area contributed by atoms with Crippen LogP contribution in [0.25, 0.3) is 5.57 Å². The summed E-state index contributed by atoms with van der Waals surface area (Å²) in [5.74, 6) is -2.35. The summed E-state index contributed by atoms with van der Waals surface area (Å²) in [5, 5.41) is 0. The lowest BCUT2D eigenvalue weighted by atomic mass is 9.96. The standard InChI is InChI=1S/C26H30O12S2/c1-35-21-9-5-19(6-10-21)23(20-7-11-22(36-2)12-8-20)13-14-24(25(27)37-15-3-17-39(29,30)31)26(28)38-16-4-18-40(32,33)34/h5-14H,3-4,15-18H2,1-2H3,(H,29,30,31)(H,32,33,34). The van der Waals surface area contributed by atoms with Gasteiger partial charge in [0.15, 0.2) is 0 Å². The van der Waals surface area contributed by atoms with Gasteiger partial charge in [-0.25, -0.2) is 9.59 Å². The molecule has 14 heteroatoms. The van der Waals surface area contributed by atoms with Gasteiger partial charge in [0.2, 0.25) is 0 Å². The van der Waals surface area contributed by atoms with Gasteiger partial charge in [-0.3, -0.25) is 9.11 Å². The summed E-state index contributed by atoms with van der Waals surface area (Å²) in [5.41, 5.74) is 1.42. The van der Waals surface area contributed by atoms with Gasteiger partial charge >= 0.3 is 11.9 Å². The van der Waals surface area contributed by atoms with Crippen LogP contribution in [0.2, 0.25) is 0 Å². The van der Waals surface area contributed by atoms with Gasteiger partial charge in [0, 0.05) is 0 Å². The molecule has 0 atom stereocenters. The Balaban J connectivity index is 2.43. The largest absolute Gasteiger partial charge is 0.497 e. The predicted molar refractivity (Wildman–Crippen MR) is 145 cm³/mol. The molecule has 2 aromatic carbocycles. The summed E-state index contributed by atoms with van der Waals surface area (Å²) in [4.78, 5) is 25.5. The highest BCUT2D eigenvalue weighted by Gasteiger charge is 2.22. The van der Waals surface area contributed by atoms with Crippen LogP contribution in [-0.2, 0) is 39.3 Å². The van der Waals surface area contributed by atoms with Gasteiger partial charge in [-0.2, -0.15) is 16.8 Å². The molecular weight excluding hydrogens is 568 g/mol. The maximum atomic E-state index is 12.8. The Hall–Kier alpha value is -3.72. The topological polar surface area (TPSA) is 180 Å². The van der Waals surface area contributed by atoms with Crippen molar-refractivity contribution in [1.82, 2.24) is 0 Å². The summed E-state index contributed by atoms with van der Waals surface area (Å²) >= 11 is 0. The van der Waals surface area contributed by atoms with Crippen molar-refractivity contribution < 1.29 is 54.5 Å². The molecule has 0 saturated carbocycles. The van der Waals surface area contributed by atoms with Crippen LogP contribution in [0.1, 0.15) is 24.0 Å². The van der Waals surface area contributed by atoms with Crippen molar-refractivity contribution in [2.75, 3.05) is 38.9 Å². The van der Waals surface area contributed by atoms with Crippen LogP contribution in [0.4, 0.5) is 0 Å². The lowest BCUT2D eigenvalue weighted by Gasteiger charge is -2.11. The lowest BCUT2D eigenvalue weighted by molar-refractivity contribution is -0.147. The number of carbonyl (C=O) groups is 2. The van der Waals surface area contributed by atoms with E-state index >= 15 is 0 Å². The average molecular weight is 599 g/mol. The third kappa shape index (κ3) is 11.6. The number of esters is 2. The molecule has 0 amide bonds. The van der Waals surface area contributed by atoms with Crippen molar-refractivity contribution in [2.45, 2.75) is 12.8 Å². The van der Waals surface area contributed by atoms with E-state index in [2.05, 4.69) is 0 Å².